The SMILES string of the molecule is COc1ccc(N2CCn3c2nnc(C(=O)NC[C@@H]2CCCO2)c3=O)cc1. The van der Waals surface area contributed by atoms with Gasteiger partial charge in [-0.2, -0.15) is 0 Å². The van der Waals surface area contributed by atoms with Crippen LogP contribution in [0, 0.1) is 0 Å². The zero-order chi connectivity index (χ0) is 18.8. The number of nitrogens with one attached hydrogen (secondary N) is 1. The molecule has 27 heavy (non-hydrogen) atoms. The number of hydrogen-bond donors (Lipinski definition) is 1. The monoisotopic (exact) mass is 371 g/mol. The number of amides is 1. The normalized spacial score (nSPS) is 18.4. The fourth-order valence-electron chi connectivity index (χ4n) is 3.36. The van der Waals surface area contributed by atoms with E-state index in [1.807, 2.05) is 29.2 Å². The van der Waals surface area contributed by atoms with Crippen molar-refractivity contribution < 1.29 is 14.3 Å². The number of benzene rings is 1. The van der Waals surface area contributed by atoms with Crippen LogP contribution in [-0.4, -0.2) is 53.6 Å². The van der Waals surface area contributed by atoms with Gasteiger partial charge in [-0.3, -0.25) is 14.2 Å². The van der Waals surface area contributed by atoms with E-state index in [1.54, 1.807) is 7.11 Å². The average molecular weight is 371 g/mol. The first-order chi connectivity index (χ1) is 13.2. The topological polar surface area (TPSA) is 98.6 Å². The average Bonchev–Trinajstić information content (AvgIpc) is 3.36. The Balaban J connectivity index is 1.53. The minimum atomic E-state index is -0.513. The van der Waals surface area contributed by atoms with Crippen molar-refractivity contribution in [2.45, 2.75) is 25.5 Å². The highest BCUT2D eigenvalue weighted by Gasteiger charge is 2.27. The van der Waals surface area contributed by atoms with Crippen LogP contribution in [0.2, 0.25) is 0 Å². The molecule has 142 valence electrons. The summed E-state index contributed by atoms with van der Waals surface area (Å²) in [5.74, 6) is 0.668. The maximum atomic E-state index is 12.7. The predicted molar refractivity (Wildman–Crippen MR) is 97.6 cm³/mol. The molecule has 0 spiro atoms. The lowest BCUT2D eigenvalue weighted by atomic mass is 10.2. The van der Waals surface area contributed by atoms with Crippen molar-refractivity contribution in [1.82, 2.24) is 20.1 Å². The molecule has 1 aromatic heterocycles. The van der Waals surface area contributed by atoms with E-state index in [-0.39, 0.29) is 11.8 Å². The van der Waals surface area contributed by atoms with E-state index in [1.165, 1.54) is 4.57 Å². The van der Waals surface area contributed by atoms with E-state index in [4.69, 9.17) is 9.47 Å². The molecule has 9 heteroatoms. The molecule has 1 fully saturated rings. The van der Waals surface area contributed by atoms with Crippen LogP contribution in [0.1, 0.15) is 23.3 Å². The largest absolute Gasteiger partial charge is 0.497 e. The number of aromatic nitrogens is 3. The maximum Gasteiger partial charge on any atom is 0.286 e. The van der Waals surface area contributed by atoms with Gasteiger partial charge in [-0.1, -0.05) is 0 Å². The Kier molecular flexibility index (Phi) is 4.76. The maximum absolute atomic E-state index is 12.7. The Morgan fingerprint density at radius 1 is 1.30 bits per heavy atom. The van der Waals surface area contributed by atoms with Gasteiger partial charge >= 0.3 is 0 Å². The molecular weight excluding hydrogens is 350 g/mol. The standard InChI is InChI=1S/C18H21N5O4/c1-26-13-6-4-12(5-7-13)22-8-9-23-17(25)15(20-21-18(22)23)16(24)19-11-14-3-2-10-27-14/h4-7,14H,2-3,8-11H2,1H3,(H,19,24)/t14-/m0/s1. The minimum absolute atomic E-state index is 0.00431. The molecule has 0 radical (unpaired) electrons. The van der Waals surface area contributed by atoms with Crippen LogP contribution in [0.25, 0.3) is 0 Å². The van der Waals surface area contributed by atoms with E-state index in [0.717, 1.165) is 24.3 Å². The fraction of sp³-hybridized carbons (Fsp3) is 0.444. The molecule has 0 bridgehead atoms. The first-order valence-electron chi connectivity index (χ1n) is 8.96. The molecule has 2 aromatic rings. The minimum Gasteiger partial charge on any atom is -0.497 e. The van der Waals surface area contributed by atoms with Gasteiger partial charge < -0.3 is 19.7 Å². The highest BCUT2D eigenvalue weighted by atomic mass is 16.5. The second-order valence-electron chi connectivity index (χ2n) is 6.50. The second kappa shape index (κ2) is 7.36. The van der Waals surface area contributed by atoms with Gasteiger partial charge in [0, 0.05) is 31.9 Å². The Labute approximate surface area is 155 Å². The molecule has 9 nitrogen and oxygen atoms in total. The third kappa shape index (κ3) is 3.37. The highest BCUT2D eigenvalue weighted by molar-refractivity contribution is 5.91. The van der Waals surface area contributed by atoms with Crippen LogP contribution in [0.4, 0.5) is 11.6 Å². The molecule has 0 aliphatic carbocycles. The van der Waals surface area contributed by atoms with Crippen molar-refractivity contribution in [3.05, 3.63) is 40.3 Å². The molecule has 1 amide bonds. The van der Waals surface area contributed by atoms with Crippen molar-refractivity contribution in [2.75, 3.05) is 31.7 Å². The summed E-state index contributed by atoms with van der Waals surface area (Å²) in [6.07, 6.45) is 1.90. The Morgan fingerprint density at radius 3 is 2.81 bits per heavy atom. The quantitative estimate of drug-likeness (QED) is 0.826. The van der Waals surface area contributed by atoms with E-state index in [2.05, 4.69) is 15.5 Å². The van der Waals surface area contributed by atoms with Crippen LogP contribution in [0.3, 0.4) is 0 Å². The summed E-state index contributed by atoms with van der Waals surface area (Å²) in [6, 6.07) is 7.47. The molecule has 4 rings (SSSR count). The zero-order valence-electron chi connectivity index (χ0n) is 15.1. The Morgan fingerprint density at radius 2 is 2.11 bits per heavy atom. The second-order valence-corrected chi connectivity index (χ2v) is 6.50. The van der Waals surface area contributed by atoms with Crippen LogP contribution < -0.4 is 20.5 Å². The van der Waals surface area contributed by atoms with Gasteiger partial charge in [0.2, 0.25) is 11.6 Å². The van der Waals surface area contributed by atoms with Gasteiger partial charge in [0.05, 0.1) is 13.2 Å². The molecule has 1 atom stereocenters. The molecule has 0 unspecified atom stereocenters. The molecule has 1 aromatic carbocycles. The van der Waals surface area contributed by atoms with Crippen molar-refractivity contribution in [1.29, 1.82) is 0 Å². The van der Waals surface area contributed by atoms with Gasteiger partial charge in [0.15, 0.2) is 0 Å². The molecule has 1 saturated heterocycles. The van der Waals surface area contributed by atoms with Crippen LogP contribution in [0.15, 0.2) is 29.1 Å². The van der Waals surface area contributed by atoms with Gasteiger partial charge in [-0.05, 0) is 37.1 Å². The van der Waals surface area contributed by atoms with Crippen LogP contribution >= 0.6 is 0 Å². The fourth-order valence-corrected chi connectivity index (χ4v) is 3.36. The summed E-state index contributed by atoms with van der Waals surface area (Å²) in [7, 11) is 1.61. The van der Waals surface area contributed by atoms with E-state index in [0.29, 0.717) is 32.2 Å². The Hall–Kier alpha value is -2.94. The van der Waals surface area contributed by atoms with Gasteiger partial charge in [-0.15, -0.1) is 10.2 Å². The number of ether oxygens (including phenoxy) is 2. The molecule has 2 aliphatic heterocycles. The summed E-state index contributed by atoms with van der Waals surface area (Å²) in [5.41, 5.74) is 0.264. The smallest absolute Gasteiger partial charge is 0.286 e. The lowest BCUT2D eigenvalue weighted by Crippen LogP contribution is -2.38. The first-order valence-corrected chi connectivity index (χ1v) is 8.96. The van der Waals surface area contributed by atoms with Gasteiger partial charge in [-0.25, -0.2) is 0 Å². The van der Waals surface area contributed by atoms with Crippen LogP contribution in [-0.2, 0) is 11.3 Å². The molecular formula is C18H21N5O4. The van der Waals surface area contributed by atoms with E-state index >= 15 is 0 Å². The number of fused-ring (bicyclic) bond motifs is 1. The summed E-state index contributed by atoms with van der Waals surface area (Å²) in [4.78, 5) is 26.9. The number of methoxy groups -OCH3 is 1. The summed E-state index contributed by atoms with van der Waals surface area (Å²) in [5, 5.41) is 10.8. The van der Waals surface area contributed by atoms with Crippen molar-refractivity contribution in [2.24, 2.45) is 0 Å². The summed E-state index contributed by atoms with van der Waals surface area (Å²) in [6.45, 7) is 2.11. The molecule has 3 heterocycles. The number of carbonyl (C=O) groups excluding carboxylic acids is 1. The zero-order valence-corrected chi connectivity index (χ0v) is 15.1. The molecule has 0 saturated carbocycles. The number of rotatable bonds is 5. The number of nitrogens with zero attached hydrogens (tertiary/aromatic N) is 4. The lowest BCUT2D eigenvalue weighted by molar-refractivity contribution is 0.0851. The number of hydrogen-bond acceptors (Lipinski definition) is 7. The highest BCUT2D eigenvalue weighted by Crippen LogP contribution is 2.28. The lowest BCUT2D eigenvalue weighted by Gasteiger charge is -2.17. The summed E-state index contributed by atoms with van der Waals surface area (Å²) < 4.78 is 12.1. The van der Waals surface area contributed by atoms with E-state index in [9.17, 15) is 9.59 Å². The Bertz CT molecular complexity index is 890. The summed E-state index contributed by atoms with van der Waals surface area (Å²) >= 11 is 0. The van der Waals surface area contributed by atoms with Gasteiger partial charge in [0.1, 0.15) is 5.75 Å². The molecule has 2 aliphatic rings. The van der Waals surface area contributed by atoms with Crippen molar-refractivity contribution in [3.8, 4) is 5.75 Å². The third-order valence-electron chi connectivity index (χ3n) is 4.83. The first kappa shape index (κ1) is 17.5. The molecule has 1 N–H and O–H groups in total. The van der Waals surface area contributed by atoms with Crippen molar-refractivity contribution in [3.63, 3.8) is 0 Å². The van der Waals surface area contributed by atoms with Gasteiger partial charge in [0.25, 0.3) is 11.5 Å². The predicted octanol–water partition coefficient (Wildman–Crippen LogP) is 0.707. The number of anilines is 2. The van der Waals surface area contributed by atoms with Crippen LogP contribution in [0.5, 0.6) is 5.75 Å². The van der Waals surface area contributed by atoms with E-state index < -0.39 is 11.5 Å². The number of carbonyl (C=O) groups is 1. The third-order valence-corrected chi connectivity index (χ3v) is 4.83. The van der Waals surface area contributed by atoms with Crippen molar-refractivity contribution >= 4 is 17.5 Å².